The number of hydrogen-bond acceptors (Lipinski definition) is 4. The summed E-state index contributed by atoms with van der Waals surface area (Å²) in [5.41, 5.74) is 2.83. The van der Waals surface area contributed by atoms with Crippen molar-refractivity contribution >= 4 is 34.0 Å². The number of carboxylic acid groups (broad SMARTS) is 1. The molecule has 7 heteroatoms. The second-order valence-corrected chi connectivity index (χ2v) is 6.86. The van der Waals surface area contributed by atoms with Gasteiger partial charge in [0.25, 0.3) is 5.91 Å². The van der Waals surface area contributed by atoms with Crippen molar-refractivity contribution in [2.45, 2.75) is 41.0 Å². The Balaban J connectivity index is 2.43. The van der Waals surface area contributed by atoms with E-state index in [1.54, 1.807) is 13.8 Å². The summed E-state index contributed by atoms with van der Waals surface area (Å²) in [5.74, 6) is -1.63. The van der Waals surface area contributed by atoms with Crippen LogP contribution >= 0.6 is 11.3 Å². The van der Waals surface area contributed by atoms with Crippen LogP contribution in [0.25, 0.3) is 0 Å². The van der Waals surface area contributed by atoms with Crippen LogP contribution in [0.2, 0.25) is 0 Å². The number of carbonyl (C=O) groups excluding carboxylic acids is 2. The van der Waals surface area contributed by atoms with E-state index in [9.17, 15) is 19.5 Å². The van der Waals surface area contributed by atoms with Crippen molar-refractivity contribution in [3.8, 4) is 0 Å². The van der Waals surface area contributed by atoms with Crippen molar-refractivity contribution < 1.29 is 19.5 Å². The van der Waals surface area contributed by atoms with Gasteiger partial charge in [-0.25, -0.2) is 4.79 Å². The first kappa shape index (κ1) is 17.9. The first-order chi connectivity index (χ1) is 11.2. The van der Waals surface area contributed by atoms with E-state index >= 15 is 0 Å². The number of amides is 1. The number of aromatic carboxylic acids is 1. The SMILES string of the molecule is CCc1c(C)sc(NC(=O)c2[nH]c(C)c(C(C)=O)c2C)c1C(=O)O. The van der Waals surface area contributed by atoms with Crippen LogP contribution in [-0.4, -0.2) is 27.8 Å². The third kappa shape index (κ3) is 2.99. The maximum atomic E-state index is 12.6. The van der Waals surface area contributed by atoms with Gasteiger partial charge in [0.1, 0.15) is 10.7 Å². The lowest BCUT2D eigenvalue weighted by Crippen LogP contribution is -2.15. The molecular weight excluding hydrogens is 328 g/mol. The number of aromatic nitrogens is 1. The number of carbonyl (C=O) groups is 3. The highest BCUT2D eigenvalue weighted by atomic mass is 32.1. The molecule has 24 heavy (non-hydrogen) atoms. The first-order valence-corrected chi connectivity index (χ1v) is 8.37. The van der Waals surface area contributed by atoms with Gasteiger partial charge in [0, 0.05) is 16.1 Å². The van der Waals surface area contributed by atoms with Gasteiger partial charge in [0.2, 0.25) is 0 Å². The molecular formula is C17H20N2O4S. The number of nitrogens with one attached hydrogen (secondary N) is 2. The summed E-state index contributed by atoms with van der Waals surface area (Å²) in [6, 6.07) is 0. The molecule has 0 aromatic carbocycles. The quantitative estimate of drug-likeness (QED) is 0.717. The maximum Gasteiger partial charge on any atom is 0.339 e. The predicted molar refractivity (Wildman–Crippen MR) is 93.6 cm³/mol. The van der Waals surface area contributed by atoms with Crippen LogP contribution < -0.4 is 5.32 Å². The monoisotopic (exact) mass is 348 g/mol. The molecule has 0 unspecified atom stereocenters. The van der Waals surface area contributed by atoms with E-state index < -0.39 is 11.9 Å². The minimum absolute atomic E-state index is 0.119. The van der Waals surface area contributed by atoms with Crippen LogP contribution in [0.1, 0.15) is 66.7 Å². The van der Waals surface area contributed by atoms with E-state index in [0.29, 0.717) is 28.2 Å². The van der Waals surface area contributed by atoms with Crippen LogP contribution in [0.5, 0.6) is 0 Å². The number of carboxylic acids is 1. The normalized spacial score (nSPS) is 10.7. The number of thiophene rings is 1. The molecule has 1 amide bonds. The second kappa shape index (κ2) is 6.60. The molecule has 128 valence electrons. The van der Waals surface area contributed by atoms with Crippen molar-refractivity contribution in [2.24, 2.45) is 0 Å². The number of anilines is 1. The predicted octanol–water partition coefficient (Wildman–Crippen LogP) is 3.72. The van der Waals surface area contributed by atoms with Crippen molar-refractivity contribution in [2.75, 3.05) is 5.32 Å². The van der Waals surface area contributed by atoms with Crippen LogP contribution in [-0.2, 0) is 6.42 Å². The molecule has 6 nitrogen and oxygen atoms in total. The lowest BCUT2D eigenvalue weighted by Gasteiger charge is -2.05. The van der Waals surface area contributed by atoms with Gasteiger partial charge in [-0.3, -0.25) is 9.59 Å². The largest absolute Gasteiger partial charge is 0.478 e. The van der Waals surface area contributed by atoms with Gasteiger partial charge < -0.3 is 15.4 Å². The molecule has 0 saturated carbocycles. The molecule has 2 rings (SSSR count). The fourth-order valence-electron chi connectivity index (χ4n) is 2.99. The summed E-state index contributed by atoms with van der Waals surface area (Å²) in [5, 5.41) is 12.5. The van der Waals surface area contributed by atoms with Gasteiger partial charge in [-0.15, -0.1) is 11.3 Å². The van der Waals surface area contributed by atoms with E-state index in [1.165, 1.54) is 18.3 Å². The molecule has 0 atom stereocenters. The highest BCUT2D eigenvalue weighted by molar-refractivity contribution is 7.16. The molecule has 0 aliphatic carbocycles. The van der Waals surface area contributed by atoms with Crippen molar-refractivity contribution in [1.82, 2.24) is 4.98 Å². The summed E-state index contributed by atoms with van der Waals surface area (Å²) >= 11 is 1.25. The number of aromatic amines is 1. The molecule has 0 spiro atoms. The fraction of sp³-hybridized carbons (Fsp3) is 0.353. The van der Waals surface area contributed by atoms with Gasteiger partial charge in [0.15, 0.2) is 5.78 Å². The Labute approximate surface area is 143 Å². The van der Waals surface area contributed by atoms with Gasteiger partial charge in [-0.05, 0) is 45.2 Å². The number of hydrogen-bond donors (Lipinski definition) is 3. The van der Waals surface area contributed by atoms with Crippen molar-refractivity contribution in [3.63, 3.8) is 0 Å². The minimum atomic E-state index is -1.06. The minimum Gasteiger partial charge on any atom is -0.478 e. The van der Waals surface area contributed by atoms with Crippen molar-refractivity contribution in [1.29, 1.82) is 0 Å². The molecule has 0 bridgehead atoms. The average Bonchev–Trinajstić information content (AvgIpc) is 2.94. The zero-order valence-electron chi connectivity index (χ0n) is 14.3. The smallest absolute Gasteiger partial charge is 0.339 e. The number of H-pyrrole nitrogens is 1. The summed E-state index contributed by atoms with van der Waals surface area (Å²) in [7, 11) is 0. The van der Waals surface area contributed by atoms with Gasteiger partial charge in [0.05, 0.1) is 5.56 Å². The van der Waals surface area contributed by atoms with Gasteiger partial charge >= 0.3 is 5.97 Å². The third-order valence-corrected chi connectivity index (χ3v) is 5.08. The molecule has 0 fully saturated rings. The summed E-state index contributed by atoms with van der Waals surface area (Å²) < 4.78 is 0. The van der Waals surface area contributed by atoms with Crippen LogP contribution in [0.15, 0.2) is 0 Å². The number of Topliss-reactive ketones (excluding diaryl/α,β-unsaturated/α-hetero) is 1. The number of aryl methyl sites for hydroxylation is 2. The molecule has 0 aliphatic heterocycles. The van der Waals surface area contributed by atoms with E-state index in [1.807, 2.05) is 13.8 Å². The van der Waals surface area contributed by atoms with Gasteiger partial charge in [-0.2, -0.15) is 0 Å². The molecule has 0 saturated heterocycles. The average molecular weight is 348 g/mol. The van der Waals surface area contributed by atoms with E-state index in [0.717, 1.165) is 10.4 Å². The van der Waals surface area contributed by atoms with Crippen LogP contribution in [0, 0.1) is 20.8 Å². The van der Waals surface area contributed by atoms with E-state index in [4.69, 9.17) is 0 Å². The Kier molecular flexibility index (Phi) is 4.94. The van der Waals surface area contributed by atoms with Crippen LogP contribution in [0.4, 0.5) is 5.00 Å². The number of rotatable bonds is 5. The summed E-state index contributed by atoms with van der Waals surface area (Å²) in [4.78, 5) is 39.6. The Hall–Kier alpha value is -2.41. The summed E-state index contributed by atoms with van der Waals surface area (Å²) in [6.07, 6.45) is 0.578. The van der Waals surface area contributed by atoms with E-state index in [2.05, 4.69) is 10.3 Å². The van der Waals surface area contributed by atoms with E-state index in [-0.39, 0.29) is 17.0 Å². The summed E-state index contributed by atoms with van der Waals surface area (Å²) in [6.45, 7) is 8.59. The zero-order chi connectivity index (χ0) is 18.2. The molecule has 2 heterocycles. The molecule has 0 radical (unpaired) electrons. The molecule has 2 aromatic rings. The topological polar surface area (TPSA) is 99.3 Å². The maximum absolute atomic E-state index is 12.6. The lowest BCUT2D eigenvalue weighted by molar-refractivity contribution is 0.0697. The Morgan fingerprint density at radius 3 is 2.25 bits per heavy atom. The van der Waals surface area contributed by atoms with Crippen molar-refractivity contribution in [3.05, 3.63) is 38.5 Å². The standard InChI is InChI=1S/C17H20N2O4S/c1-6-11-10(5)24-16(13(11)17(22)23)19-15(21)14-7(2)12(9(4)20)8(3)18-14/h18H,6H2,1-5H3,(H,19,21)(H,22,23). The second-order valence-electron chi connectivity index (χ2n) is 5.63. The van der Waals surface area contributed by atoms with Gasteiger partial charge in [-0.1, -0.05) is 6.92 Å². The fourth-order valence-corrected chi connectivity index (χ4v) is 4.12. The highest BCUT2D eigenvalue weighted by Gasteiger charge is 2.25. The van der Waals surface area contributed by atoms with Crippen LogP contribution in [0.3, 0.4) is 0 Å². The Morgan fingerprint density at radius 1 is 1.17 bits per heavy atom. The lowest BCUT2D eigenvalue weighted by atomic mass is 10.1. The highest BCUT2D eigenvalue weighted by Crippen LogP contribution is 2.34. The Morgan fingerprint density at radius 2 is 1.79 bits per heavy atom. The third-order valence-electron chi connectivity index (χ3n) is 4.02. The molecule has 2 aromatic heterocycles. The number of ketones is 1. The zero-order valence-corrected chi connectivity index (χ0v) is 15.1. The Bertz CT molecular complexity index is 845. The first-order valence-electron chi connectivity index (χ1n) is 7.55. The molecule has 0 aliphatic rings. The molecule has 3 N–H and O–H groups in total.